The molecule has 1 saturated heterocycles. The van der Waals surface area contributed by atoms with Gasteiger partial charge < -0.3 is 10.1 Å². The van der Waals surface area contributed by atoms with Gasteiger partial charge in [0.25, 0.3) is 0 Å². The molecule has 2 aromatic rings. The van der Waals surface area contributed by atoms with Gasteiger partial charge in [0.05, 0.1) is 11.5 Å². The molecule has 0 saturated carbocycles. The molecule has 4 nitrogen and oxygen atoms in total. The van der Waals surface area contributed by atoms with E-state index in [1.54, 1.807) is 0 Å². The molecule has 1 spiro atoms. The fraction of sp³-hybridized carbons (Fsp3) is 0.552. The molecule has 2 aliphatic rings. The molecule has 1 amide bonds. The van der Waals surface area contributed by atoms with Crippen LogP contribution in [-0.2, 0) is 17.8 Å². The maximum Gasteiger partial charge on any atom is 0.226 e. The predicted octanol–water partition coefficient (Wildman–Crippen LogP) is 5.88. The van der Waals surface area contributed by atoms with Crippen LogP contribution < -0.4 is 10.1 Å². The lowest BCUT2D eigenvalue weighted by molar-refractivity contribution is -0.136. The van der Waals surface area contributed by atoms with Gasteiger partial charge in [-0.3, -0.25) is 9.69 Å². The number of carbonyl (C=O) groups is 1. The number of rotatable bonds is 4. The van der Waals surface area contributed by atoms with Crippen molar-refractivity contribution in [3.63, 3.8) is 0 Å². The number of ether oxygens (including phenoxy) is 1. The maximum absolute atomic E-state index is 14.2. The monoisotopic (exact) mass is 484 g/mol. The van der Waals surface area contributed by atoms with Crippen LogP contribution in [0.3, 0.4) is 0 Å². The number of piperidine rings is 1. The van der Waals surface area contributed by atoms with Gasteiger partial charge in [0, 0.05) is 12.1 Å². The maximum atomic E-state index is 14.2. The first-order valence-electron chi connectivity index (χ1n) is 13.0. The van der Waals surface area contributed by atoms with Crippen molar-refractivity contribution >= 4 is 5.91 Å². The summed E-state index contributed by atoms with van der Waals surface area (Å²) in [4.78, 5) is 15.8. The van der Waals surface area contributed by atoms with Crippen LogP contribution in [0.1, 0.15) is 63.5 Å². The molecule has 0 bridgehead atoms. The molecule has 1 N–H and O–H groups in total. The molecular weight excluding hydrogens is 446 g/mol. The Morgan fingerprint density at radius 3 is 2.46 bits per heavy atom. The van der Waals surface area contributed by atoms with Gasteiger partial charge in [0.1, 0.15) is 24.0 Å². The molecule has 1 fully saturated rings. The molecule has 35 heavy (non-hydrogen) atoms. The summed E-state index contributed by atoms with van der Waals surface area (Å²) in [5.74, 6) is 0.439. The van der Waals surface area contributed by atoms with Gasteiger partial charge in [0.15, 0.2) is 0 Å². The summed E-state index contributed by atoms with van der Waals surface area (Å²) in [6, 6.07) is 12.1. The summed E-state index contributed by atoms with van der Waals surface area (Å²) >= 11 is 0. The van der Waals surface area contributed by atoms with E-state index in [0.717, 1.165) is 37.9 Å². The lowest BCUT2D eigenvalue weighted by atomic mass is 9.73. The van der Waals surface area contributed by atoms with Gasteiger partial charge >= 0.3 is 0 Å². The van der Waals surface area contributed by atoms with Crippen molar-refractivity contribution in [3.05, 3.63) is 65.2 Å². The van der Waals surface area contributed by atoms with Gasteiger partial charge in [-0.15, -0.1) is 0 Å². The third-order valence-electron chi connectivity index (χ3n) is 7.59. The molecule has 1 atom stereocenters. The number of benzene rings is 2. The van der Waals surface area contributed by atoms with Crippen LogP contribution in [-0.4, -0.2) is 36.5 Å². The number of nitrogens with zero attached hydrogens (tertiary/aromatic N) is 1. The highest BCUT2D eigenvalue weighted by atomic mass is 19.1. The van der Waals surface area contributed by atoms with Crippen molar-refractivity contribution in [2.45, 2.75) is 71.4 Å². The number of carbonyl (C=O) groups excluding carboxylic acids is 1. The highest BCUT2D eigenvalue weighted by molar-refractivity contribution is 5.83. The number of para-hydroxylation sites is 1. The summed E-state index contributed by atoms with van der Waals surface area (Å²) < 4.78 is 34.6. The largest absolute Gasteiger partial charge is 0.491 e. The second-order valence-corrected chi connectivity index (χ2v) is 10.7. The van der Waals surface area contributed by atoms with Crippen LogP contribution >= 0.6 is 0 Å². The van der Waals surface area contributed by atoms with Gasteiger partial charge in [0.2, 0.25) is 5.91 Å². The zero-order chi connectivity index (χ0) is 24.8. The third kappa shape index (κ3) is 6.40. The fourth-order valence-electron chi connectivity index (χ4n) is 5.53. The second-order valence-electron chi connectivity index (χ2n) is 10.7. The standard InChI is InChI=1S/C29H38F2N2O2/c1-21(2)18-23-20-35-27-12-4-3-8-22(27)9-5-6-13-29(28(34)32-23)14-16-33(17-15-29)19-24-25(30)10-7-11-26(24)31/h3-4,7-8,10-12,21,23H,5-6,9,13-20H2,1-2H3,(H,32,34)/t23-/m0/s1. The Labute approximate surface area is 208 Å². The minimum absolute atomic E-state index is 0.0580. The molecule has 0 radical (unpaired) electrons. The van der Waals surface area contributed by atoms with Crippen molar-refractivity contribution in [2.75, 3.05) is 19.7 Å². The zero-order valence-corrected chi connectivity index (χ0v) is 21.0. The number of aryl methyl sites for hydroxylation is 1. The number of hydrogen-bond acceptors (Lipinski definition) is 3. The van der Waals surface area contributed by atoms with E-state index < -0.39 is 17.0 Å². The Morgan fingerprint density at radius 2 is 1.74 bits per heavy atom. The van der Waals surface area contributed by atoms with Crippen LogP contribution in [0, 0.1) is 23.0 Å². The molecule has 2 heterocycles. The van der Waals surface area contributed by atoms with Crippen molar-refractivity contribution in [2.24, 2.45) is 11.3 Å². The van der Waals surface area contributed by atoms with Gasteiger partial charge in [-0.25, -0.2) is 8.78 Å². The summed E-state index contributed by atoms with van der Waals surface area (Å²) in [6.45, 7) is 6.30. The van der Waals surface area contributed by atoms with E-state index in [1.807, 2.05) is 12.1 Å². The van der Waals surface area contributed by atoms with Crippen LogP contribution in [0.5, 0.6) is 5.75 Å². The van der Waals surface area contributed by atoms with E-state index in [4.69, 9.17) is 4.74 Å². The van der Waals surface area contributed by atoms with Crippen LogP contribution in [0.4, 0.5) is 8.78 Å². The summed E-state index contributed by atoms with van der Waals surface area (Å²) in [7, 11) is 0. The average molecular weight is 485 g/mol. The van der Waals surface area contributed by atoms with E-state index >= 15 is 0 Å². The fourth-order valence-corrected chi connectivity index (χ4v) is 5.53. The van der Waals surface area contributed by atoms with Crippen LogP contribution in [0.15, 0.2) is 42.5 Å². The molecule has 0 unspecified atom stereocenters. The Balaban J connectivity index is 1.48. The summed E-state index contributed by atoms with van der Waals surface area (Å²) in [5, 5.41) is 3.34. The molecule has 6 heteroatoms. The Bertz CT molecular complexity index is 982. The summed E-state index contributed by atoms with van der Waals surface area (Å²) in [6.07, 6.45) is 5.96. The zero-order valence-electron chi connectivity index (χ0n) is 21.0. The summed E-state index contributed by atoms with van der Waals surface area (Å²) in [5.41, 5.74) is 0.885. The normalized spacial score (nSPS) is 21.5. The number of fused-ring (bicyclic) bond motifs is 1. The minimum atomic E-state index is -0.508. The molecule has 0 aromatic heterocycles. The predicted molar refractivity (Wildman–Crippen MR) is 134 cm³/mol. The lowest BCUT2D eigenvalue weighted by Gasteiger charge is -2.42. The molecular formula is C29H38F2N2O2. The number of halogens is 2. The van der Waals surface area contributed by atoms with Crippen molar-refractivity contribution < 1.29 is 18.3 Å². The first-order valence-corrected chi connectivity index (χ1v) is 13.0. The van der Waals surface area contributed by atoms with E-state index in [0.29, 0.717) is 38.5 Å². The topological polar surface area (TPSA) is 41.6 Å². The molecule has 2 aromatic carbocycles. The van der Waals surface area contributed by atoms with Gasteiger partial charge in [-0.1, -0.05) is 44.5 Å². The smallest absolute Gasteiger partial charge is 0.226 e. The molecule has 0 aliphatic carbocycles. The van der Waals surface area contributed by atoms with Crippen molar-refractivity contribution in [1.29, 1.82) is 0 Å². The van der Waals surface area contributed by atoms with E-state index in [9.17, 15) is 13.6 Å². The highest BCUT2D eigenvalue weighted by Gasteiger charge is 2.41. The lowest BCUT2D eigenvalue weighted by Crippen LogP contribution is -2.52. The van der Waals surface area contributed by atoms with Gasteiger partial charge in [-0.05, 0) is 81.3 Å². The minimum Gasteiger partial charge on any atom is -0.491 e. The molecule has 2 aliphatic heterocycles. The molecule has 4 rings (SSSR count). The van der Waals surface area contributed by atoms with Crippen LogP contribution in [0.2, 0.25) is 0 Å². The van der Waals surface area contributed by atoms with E-state index in [2.05, 4.69) is 36.2 Å². The number of nitrogens with one attached hydrogen (secondary N) is 1. The van der Waals surface area contributed by atoms with Crippen LogP contribution in [0.25, 0.3) is 0 Å². The average Bonchev–Trinajstić information content (AvgIpc) is 2.83. The van der Waals surface area contributed by atoms with Gasteiger partial charge in [-0.2, -0.15) is 0 Å². The number of amides is 1. The Morgan fingerprint density at radius 1 is 1.03 bits per heavy atom. The highest BCUT2D eigenvalue weighted by Crippen LogP contribution is 2.38. The number of hydrogen-bond donors (Lipinski definition) is 1. The Hall–Kier alpha value is -2.47. The molecule has 190 valence electrons. The second kappa shape index (κ2) is 11.5. The first-order chi connectivity index (χ1) is 16.9. The van der Waals surface area contributed by atoms with E-state index in [1.165, 1.54) is 23.8 Å². The van der Waals surface area contributed by atoms with Crippen molar-refractivity contribution in [3.8, 4) is 5.75 Å². The SMILES string of the molecule is CC(C)C[C@H]1COc2ccccc2CCCCC2(CCN(Cc3c(F)cccc3F)CC2)C(=O)N1. The third-order valence-corrected chi connectivity index (χ3v) is 7.59. The Kier molecular flexibility index (Phi) is 8.42. The number of likely N-dealkylation sites (tertiary alicyclic amines) is 1. The van der Waals surface area contributed by atoms with Crippen molar-refractivity contribution in [1.82, 2.24) is 10.2 Å². The quantitative estimate of drug-likeness (QED) is 0.589. The van der Waals surface area contributed by atoms with E-state index in [-0.39, 0.29) is 24.1 Å². The first kappa shape index (κ1) is 25.6.